The van der Waals surface area contributed by atoms with Crippen LogP contribution in [0.2, 0.25) is 0 Å². The molecule has 0 aliphatic heterocycles. The van der Waals surface area contributed by atoms with E-state index in [1.807, 2.05) is 72.8 Å². The molecule has 6 aromatic rings. The summed E-state index contributed by atoms with van der Waals surface area (Å²) in [4.78, 5) is 32.8. The van der Waals surface area contributed by atoms with E-state index in [-0.39, 0.29) is 19.5 Å². The van der Waals surface area contributed by atoms with Gasteiger partial charge in [0.1, 0.15) is 0 Å². The first-order chi connectivity index (χ1) is 22.8. The second-order valence-electron chi connectivity index (χ2n) is 8.92. The first-order valence-corrected chi connectivity index (χ1v) is 17.2. The van der Waals surface area contributed by atoms with Crippen molar-refractivity contribution >= 4 is 15.6 Å². The van der Waals surface area contributed by atoms with Crippen molar-refractivity contribution in [1.29, 1.82) is 0 Å². The summed E-state index contributed by atoms with van der Waals surface area (Å²) >= 11 is 0. The summed E-state index contributed by atoms with van der Waals surface area (Å²) in [6.45, 7) is 0. The third-order valence-electron chi connectivity index (χ3n) is 4.52. The Morgan fingerprint density at radius 3 is 0.608 bits per heavy atom. The number of pyridine rings is 4. The van der Waals surface area contributed by atoms with Gasteiger partial charge in [0.25, 0.3) is 0 Å². The van der Waals surface area contributed by atoms with Gasteiger partial charge in [0.05, 0.1) is 22.8 Å². The van der Waals surface area contributed by atoms with E-state index in [0.717, 1.165) is 22.8 Å². The van der Waals surface area contributed by atoms with Crippen LogP contribution in [0.15, 0.2) is 135 Å². The summed E-state index contributed by atoms with van der Waals surface area (Å²) in [5.74, 6) is 1.11. The van der Waals surface area contributed by atoms with Gasteiger partial charge in [-0.3, -0.25) is 19.9 Å². The summed E-state index contributed by atoms with van der Waals surface area (Å²) in [5, 5.41) is 0. The van der Waals surface area contributed by atoms with Crippen molar-refractivity contribution in [3.05, 3.63) is 135 Å². The van der Waals surface area contributed by atoms with Crippen LogP contribution in [0.1, 0.15) is 0 Å². The molecular formula is C28H22F12N8P2Ru. The molecular weight excluding hydrogens is 839 g/mol. The van der Waals surface area contributed by atoms with Crippen molar-refractivity contribution in [2.75, 3.05) is 0 Å². The maximum absolute atomic E-state index is 10.7. The fraction of sp³-hybridized carbons (Fsp3) is 0. The van der Waals surface area contributed by atoms with Crippen LogP contribution in [0.4, 0.5) is 50.4 Å². The number of nitrogens with zero attached hydrogens (tertiary/aromatic N) is 8. The number of hydrogen-bond acceptors (Lipinski definition) is 8. The van der Waals surface area contributed by atoms with Crippen molar-refractivity contribution in [3.63, 3.8) is 0 Å². The molecule has 0 saturated carbocycles. The van der Waals surface area contributed by atoms with Gasteiger partial charge < -0.3 is 0 Å². The predicted octanol–water partition coefficient (Wildman–Crippen LogP) is 12.0. The van der Waals surface area contributed by atoms with Crippen LogP contribution >= 0.6 is 15.6 Å². The van der Waals surface area contributed by atoms with Gasteiger partial charge in [-0.25, -0.2) is 19.9 Å². The van der Waals surface area contributed by atoms with Crippen molar-refractivity contribution in [2.45, 2.75) is 0 Å². The van der Waals surface area contributed by atoms with Crippen LogP contribution in [-0.2, 0) is 19.5 Å². The number of aromatic nitrogens is 8. The zero-order chi connectivity index (χ0) is 37.5. The van der Waals surface area contributed by atoms with E-state index in [1.165, 1.54) is 0 Å². The Hall–Kier alpha value is -4.60. The van der Waals surface area contributed by atoms with Crippen LogP contribution in [0.25, 0.3) is 34.4 Å². The molecule has 0 N–H and O–H groups in total. The van der Waals surface area contributed by atoms with Gasteiger partial charge in [-0.1, -0.05) is 24.3 Å². The van der Waals surface area contributed by atoms with E-state index in [1.54, 1.807) is 61.7 Å². The van der Waals surface area contributed by atoms with Gasteiger partial charge in [-0.05, 0) is 60.7 Å². The van der Waals surface area contributed by atoms with Gasteiger partial charge in [0.2, 0.25) is 0 Å². The molecule has 23 heteroatoms. The van der Waals surface area contributed by atoms with Crippen molar-refractivity contribution in [2.24, 2.45) is 0 Å². The first kappa shape index (κ1) is 44.4. The molecule has 51 heavy (non-hydrogen) atoms. The molecule has 0 unspecified atom stereocenters. The average Bonchev–Trinajstić information content (AvgIpc) is 3.05. The van der Waals surface area contributed by atoms with Gasteiger partial charge in [0.15, 0.2) is 11.6 Å². The molecule has 6 heterocycles. The van der Waals surface area contributed by atoms with Crippen molar-refractivity contribution in [1.82, 2.24) is 39.9 Å². The van der Waals surface area contributed by atoms with E-state index < -0.39 is 15.6 Å². The van der Waals surface area contributed by atoms with Gasteiger partial charge in [0, 0.05) is 49.6 Å². The minimum absolute atomic E-state index is 0. The largest absolute Gasteiger partial charge is 2.00 e. The number of rotatable bonds is 3. The Morgan fingerprint density at radius 1 is 0.275 bits per heavy atom. The Balaban J connectivity index is 0.000000325. The number of halogens is 12. The molecule has 0 aromatic carbocycles. The quantitative estimate of drug-likeness (QED) is 0.0984. The minimum atomic E-state index is -10.7. The van der Waals surface area contributed by atoms with Gasteiger partial charge >= 0.3 is 85.5 Å². The molecule has 0 fully saturated rings. The predicted molar refractivity (Wildman–Crippen MR) is 165 cm³/mol. The van der Waals surface area contributed by atoms with Gasteiger partial charge in [-0.2, -0.15) is 0 Å². The van der Waals surface area contributed by atoms with Crippen LogP contribution < -0.4 is 0 Å². The van der Waals surface area contributed by atoms with Crippen molar-refractivity contribution < 1.29 is 69.8 Å². The molecule has 0 radical (unpaired) electrons. The van der Waals surface area contributed by atoms with Crippen LogP contribution in [0.5, 0.6) is 0 Å². The summed E-state index contributed by atoms with van der Waals surface area (Å²) < 4.78 is 118. The molecule has 8 nitrogen and oxygen atoms in total. The zero-order valence-corrected chi connectivity index (χ0v) is 28.6. The zero-order valence-electron chi connectivity index (χ0n) is 25.1. The molecule has 0 bridgehead atoms. The van der Waals surface area contributed by atoms with E-state index in [9.17, 15) is 50.4 Å². The maximum Gasteiger partial charge on any atom is 2.00 e. The van der Waals surface area contributed by atoms with Gasteiger partial charge in [-0.15, -0.1) is 0 Å². The summed E-state index contributed by atoms with van der Waals surface area (Å²) in [6, 6.07) is 26.7. The fourth-order valence-electron chi connectivity index (χ4n) is 2.89. The molecule has 6 aromatic heterocycles. The van der Waals surface area contributed by atoms with Crippen LogP contribution in [0.3, 0.4) is 0 Å². The minimum Gasteiger partial charge on any atom is -0.255 e. The Labute approximate surface area is 293 Å². The third kappa shape index (κ3) is 27.9. The fourth-order valence-corrected chi connectivity index (χ4v) is 2.89. The summed E-state index contributed by atoms with van der Waals surface area (Å²) in [6.07, 6.45) is 13.7. The molecule has 0 spiro atoms. The SMILES string of the molecule is F[P-](F)(F)(F)(F)F.F[P-](F)(F)(F)(F)F.[Ru+2].c1ccc(-c2ccccn2)nc1.c1ccc(-c2ccccn2)nc1.c1cnc(-c2ncccn2)nc1. The second kappa shape index (κ2) is 16.6. The monoisotopic (exact) mass is 862 g/mol. The Morgan fingerprint density at radius 2 is 0.451 bits per heavy atom. The second-order valence-corrected chi connectivity index (χ2v) is 12.8. The molecule has 6 rings (SSSR count). The van der Waals surface area contributed by atoms with E-state index >= 15 is 0 Å². The number of hydrogen-bond donors (Lipinski definition) is 0. The molecule has 0 saturated heterocycles. The standard InChI is InChI=1S/2C10H8N2.C8H6N4.2F6P.Ru/c2*1-3-7-11-9(5-1)10-6-2-4-8-12-10;1-3-9-7(10-4-1)8-11-5-2-6-12-8;2*1-7(2,3,4,5)6;/h2*1-8H;1-6H;;;/q;;;2*-1;+2. The molecule has 0 aliphatic carbocycles. The molecule has 0 atom stereocenters. The maximum atomic E-state index is 9.87. The van der Waals surface area contributed by atoms with Crippen LogP contribution in [0, 0.1) is 0 Å². The Kier molecular flexibility index (Phi) is 14.5. The normalized spacial score (nSPS) is 13.2. The van der Waals surface area contributed by atoms with E-state index in [4.69, 9.17) is 0 Å². The first-order valence-electron chi connectivity index (χ1n) is 13.1. The summed E-state index contributed by atoms with van der Waals surface area (Å²) in [7, 11) is -21.3. The average molecular weight is 862 g/mol. The van der Waals surface area contributed by atoms with E-state index in [0.29, 0.717) is 11.6 Å². The molecule has 276 valence electrons. The molecule has 0 amide bonds. The van der Waals surface area contributed by atoms with Crippen molar-refractivity contribution in [3.8, 4) is 34.4 Å². The molecule has 0 aliphatic rings. The topological polar surface area (TPSA) is 103 Å². The van der Waals surface area contributed by atoms with Crippen LogP contribution in [-0.4, -0.2) is 39.9 Å². The van der Waals surface area contributed by atoms with E-state index in [2.05, 4.69) is 39.9 Å². The smallest absolute Gasteiger partial charge is 0.255 e. The summed E-state index contributed by atoms with van der Waals surface area (Å²) in [5.41, 5.74) is 3.66. The Bertz CT molecular complexity index is 1520. The third-order valence-corrected chi connectivity index (χ3v) is 4.52.